The van der Waals surface area contributed by atoms with Crippen LogP contribution in [0.25, 0.3) is 0 Å². The van der Waals surface area contributed by atoms with Crippen molar-refractivity contribution in [3.63, 3.8) is 0 Å². The highest BCUT2D eigenvalue weighted by Gasteiger charge is 1.92. The lowest BCUT2D eigenvalue weighted by Crippen LogP contribution is -1.87. The van der Waals surface area contributed by atoms with Crippen LogP contribution in [0.2, 0.25) is 0 Å². The Morgan fingerprint density at radius 3 is 2.70 bits per heavy atom. The van der Waals surface area contributed by atoms with Gasteiger partial charge in [0.1, 0.15) is 0 Å². The molecule has 0 N–H and O–H groups in total. The van der Waals surface area contributed by atoms with Crippen molar-refractivity contribution in [1.29, 1.82) is 0 Å². The number of rotatable bonds is 5. The van der Waals surface area contributed by atoms with Gasteiger partial charge in [0.2, 0.25) is 0 Å². The minimum Gasteiger partial charge on any atom is -0.297 e. The van der Waals surface area contributed by atoms with E-state index in [-0.39, 0.29) is 0 Å². The van der Waals surface area contributed by atoms with Gasteiger partial charge in [-0.05, 0) is 19.1 Å². The van der Waals surface area contributed by atoms with E-state index in [0.29, 0.717) is 0 Å². The Bertz CT molecular complexity index is 105. The number of nitrogens with zero attached hydrogens (tertiary/aromatic N) is 1. The monoisotopic (exact) mass is 139 g/mol. The third kappa shape index (κ3) is 5.54. The number of hydrogen-bond acceptors (Lipinski definition) is 1. The molecule has 0 fully saturated rings. The van der Waals surface area contributed by atoms with Crippen molar-refractivity contribution < 1.29 is 0 Å². The van der Waals surface area contributed by atoms with Crippen LogP contribution in [0.5, 0.6) is 0 Å². The molecule has 58 valence electrons. The van der Waals surface area contributed by atoms with E-state index in [1.165, 1.54) is 12.8 Å². The van der Waals surface area contributed by atoms with Crippen molar-refractivity contribution in [3.8, 4) is 0 Å². The fourth-order valence-electron chi connectivity index (χ4n) is 0.644. The molecule has 0 amide bonds. The minimum atomic E-state index is 0.760. The normalized spacial score (nSPS) is 13.8. The van der Waals surface area contributed by atoms with Crippen molar-refractivity contribution in [2.45, 2.75) is 26.7 Å². The molecule has 1 unspecified atom stereocenters. The molecule has 0 spiro atoms. The predicted molar refractivity (Wildman–Crippen MR) is 47.6 cm³/mol. The van der Waals surface area contributed by atoms with E-state index in [1.807, 2.05) is 0 Å². The molecule has 0 radical (unpaired) electrons. The van der Waals surface area contributed by atoms with Gasteiger partial charge in [-0.2, -0.15) is 0 Å². The number of allylic oxidation sites excluding steroid dienone is 1. The van der Waals surface area contributed by atoms with Crippen molar-refractivity contribution in [2.75, 3.05) is 6.54 Å². The first-order chi connectivity index (χ1) is 4.81. The average Bonchev–Trinajstić information content (AvgIpc) is 1.98. The molecule has 0 saturated carbocycles. The zero-order valence-electron chi connectivity index (χ0n) is 7.01. The zero-order valence-corrected chi connectivity index (χ0v) is 7.01. The van der Waals surface area contributed by atoms with E-state index in [1.54, 1.807) is 0 Å². The SMILES string of the molecule is C=NCC=CCC(C)CC. The first kappa shape index (κ1) is 9.41. The van der Waals surface area contributed by atoms with Crippen LogP contribution in [0.1, 0.15) is 26.7 Å². The standard InChI is InChI=1S/C9H17N/c1-4-9(2)7-5-6-8-10-3/h5-6,9H,3-4,7-8H2,1-2H3. The molecule has 10 heavy (non-hydrogen) atoms. The molecule has 0 aromatic heterocycles. The van der Waals surface area contributed by atoms with Gasteiger partial charge in [0, 0.05) is 0 Å². The molecule has 0 rings (SSSR count). The molecular weight excluding hydrogens is 122 g/mol. The maximum absolute atomic E-state index is 3.72. The van der Waals surface area contributed by atoms with Gasteiger partial charge in [0.05, 0.1) is 6.54 Å². The second kappa shape index (κ2) is 6.53. The van der Waals surface area contributed by atoms with Crippen molar-refractivity contribution in [3.05, 3.63) is 12.2 Å². The summed E-state index contributed by atoms with van der Waals surface area (Å²) in [5.74, 6) is 0.807. The second-order valence-electron chi connectivity index (χ2n) is 2.63. The van der Waals surface area contributed by atoms with Gasteiger partial charge >= 0.3 is 0 Å². The predicted octanol–water partition coefficient (Wildman–Crippen LogP) is 2.68. The minimum absolute atomic E-state index is 0.760. The van der Waals surface area contributed by atoms with E-state index in [4.69, 9.17) is 0 Å². The smallest absolute Gasteiger partial charge is 0.0563 e. The van der Waals surface area contributed by atoms with E-state index < -0.39 is 0 Å². The maximum atomic E-state index is 3.72. The quantitative estimate of drug-likeness (QED) is 0.410. The summed E-state index contributed by atoms with van der Waals surface area (Å²) >= 11 is 0. The Morgan fingerprint density at radius 1 is 1.50 bits per heavy atom. The highest BCUT2D eigenvalue weighted by atomic mass is 14.6. The number of aliphatic imine (C=N–C) groups is 1. The van der Waals surface area contributed by atoms with Gasteiger partial charge < -0.3 is 0 Å². The van der Waals surface area contributed by atoms with Gasteiger partial charge in [0.25, 0.3) is 0 Å². The first-order valence-electron chi connectivity index (χ1n) is 3.88. The Morgan fingerprint density at radius 2 is 2.20 bits per heavy atom. The van der Waals surface area contributed by atoms with Crippen LogP contribution in [-0.2, 0) is 0 Å². The van der Waals surface area contributed by atoms with E-state index in [9.17, 15) is 0 Å². The molecule has 0 aromatic carbocycles. The Balaban J connectivity index is 3.24. The first-order valence-corrected chi connectivity index (χ1v) is 3.88. The molecule has 0 aliphatic rings. The van der Waals surface area contributed by atoms with Crippen LogP contribution >= 0.6 is 0 Å². The number of hydrogen-bond donors (Lipinski definition) is 0. The van der Waals surface area contributed by atoms with Crippen molar-refractivity contribution >= 4 is 6.72 Å². The molecule has 1 heteroatoms. The lowest BCUT2D eigenvalue weighted by Gasteiger charge is -2.01. The summed E-state index contributed by atoms with van der Waals surface area (Å²) in [7, 11) is 0. The van der Waals surface area contributed by atoms with E-state index in [2.05, 4.69) is 37.7 Å². The van der Waals surface area contributed by atoms with E-state index >= 15 is 0 Å². The summed E-state index contributed by atoms with van der Waals surface area (Å²) in [6, 6.07) is 0. The lowest BCUT2D eigenvalue weighted by atomic mass is 10.1. The topological polar surface area (TPSA) is 12.4 Å². The third-order valence-electron chi connectivity index (χ3n) is 1.64. The summed E-state index contributed by atoms with van der Waals surface area (Å²) < 4.78 is 0. The summed E-state index contributed by atoms with van der Waals surface area (Å²) in [5.41, 5.74) is 0. The van der Waals surface area contributed by atoms with Crippen LogP contribution in [0, 0.1) is 5.92 Å². The molecule has 0 heterocycles. The van der Waals surface area contributed by atoms with Crippen LogP contribution in [0.15, 0.2) is 17.1 Å². The molecule has 0 aromatic rings. The Labute approximate surface area is 63.9 Å². The van der Waals surface area contributed by atoms with Gasteiger partial charge in [-0.25, -0.2) is 0 Å². The fourth-order valence-corrected chi connectivity index (χ4v) is 0.644. The summed E-state index contributed by atoms with van der Waals surface area (Å²) in [6.45, 7) is 8.62. The zero-order chi connectivity index (χ0) is 7.82. The third-order valence-corrected chi connectivity index (χ3v) is 1.64. The summed E-state index contributed by atoms with van der Waals surface area (Å²) in [5, 5.41) is 0. The second-order valence-corrected chi connectivity index (χ2v) is 2.63. The van der Waals surface area contributed by atoms with Gasteiger partial charge in [-0.1, -0.05) is 32.4 Å². The molecule has 0 saturated heterocycles. The van der Waals surface area contributed by atoms with E-state index in [0.717, 1.165) is 12.5 Å². The summed E-state index contributed by atoms with van der Waals surface area (Å²) in [6.07, 6.45) is 6.68. The lowest BCUT2D eigenvalue weighted by molar-refractivity contribution is 0.571. The highest BCUT2D eigenvalue weighted by Crippen LogP contribution is 2.06. The van der Waals surface area contributed by atoms with Gasteiger partial charge in [0.15, 0.2) is 0 Å². The van der Waals surface area contributed by atoms with Crippen LogP contribution in [0.4, 0.5) is 0 Å². The molecule has 0 bridgehead atoms. The molecule has 0 aliphatic carbocycles. The highest BCUT2D eigenvalue weighted by molar-refractivity contribution is 5.23. The summed E-state index contributed by atoms with van der Waals surface area (Å²) in [4.78, 5) is 3.72. The fraction of sp³-hybridized carbons (Fsp3) is 0.667. The average molecular weight is 139 g/mol. The largest absolute Gasteiger partial charge is 0.297 e. The Kier molecular flexibility index (Phi) is 6.14. The van der Waals surface area contributed by atoms with Crippen LogP contribution in [-0.4, -0.2) is 13.3 Å². The van der Waals surface area contributed by atoms with Crippen molar-refractivity contribution in [1.82, 2.24) is 0 Å². The maximum Gasteiger partial charge on any atom is 0.0563 e. The van der Waals surface area contributed by atoms with Crippen LogP contribution in [0.3, 0.4) is 0 Å². The van der Waals surface area contributed by atoms with Gasteiger partial charge in [-0.15, -0.1) is 0 Å². The Hall–Kier alpha value is -0.590. The van der Waals surface area contributed by atoms with Crippen LogP contribution < -0.4 is 0 Å². The molecule has 0 aliphatic heterocycles. The van der Waals surface area contributed by atoms with Crippen molar-refractivity contribution in [2.24, 2.45) is 10.9 Å². The molecule has 1 nitrogen and oxygen atoms in total. The van der Waals surface area contributed by atoms with Gasteiger partial charge in [-0.3, -0.25) is 4.99 Å². The molecule has 1 atom stereocenters. The molecular formula is C9H17N.